The molecule has 1 aliphatic heterocycles. The van der Waals surface area contributed by atoms with Crippen molar-refractivity contribution >= 4 is 23.1 Å². The largest absolute Gasteiger partial charge is 0.486 e. The van der Waals surface area contributed by atoms with Crippen LogP contribution in [0.1, 0.15) is 10.4 Å². The van der Waals surface area contributed by atoms with Crippen LogP contribution in [-0.4, -0.2) is 24.1 Å². The number of hydrogen-bond acceptors (Lipinski definition) is 5. The SMILES string of the molecule is O=C(Nc1ccc(F)cc1)c1ccc(Nc2ccc3c(c2)OCCO3)nc1. The number of ether oxygens (including phenoxy) is 2. The molecule has 2 N–H and O–H groups in total. The summed E-state index contributed by atoms with van der Waals surface area (Å²) in [7, 11) is 0. The number of benzene rings is 2. The minimum absolute atomic E-state index is 0.319. The molecular weight excluding hydrogens is 349 g/mol. The Bertz CT molecular complexity index is 959. The van der Waals surface area contributed by atoms with Crippen LogP contribution in [0.2, 0.25) is 0 Å². The average Bonchev–Trinajstić information content (AvgIpc) is 2.70. The summed E-state index contributed by atoms with van der Waals surface area (Å²) in [6.07, 6.45) is 1.47. The molecule has 0 saturated heterocycles. The van der Waals surface area contributed by atoms with E-state index in [-0.39, 0.29) is 11.7 Å². The summed E-state index contributed by atoms with van der Waals surface area (Å²) in [6.45, 7) is 1.06. The van der Waals surface area contributed by atoms with Crippen molar-refractivity contribution in [3.63, 3.8) is 0 Å². The van der Waals surface area contributed by atoms with E-state index in [0.29, 0.717) is 41.8 Å². The Morgan fingerprint density at radius 2 is 1.67 bits per heavy atom. The summed E-state index contributed by atoms with van der Waals surface area (Å²) in [5.41, 5.74) is 1.71. The quantitative estimate of drug-likeness (QED) is 0.731. The van der Waals surface area contributed by atoms with Gasteiger partial charge in [-0.15, -0.1) is 0 Å². The van der Waals surface area contributed by atoms with Crippen LogP contribution < -0.4 is 20.1 Å². The topological polar surface area (TPSA) is 72.5 Å². The van der Waals surface area contributed by atoms with Crippen molar-refractivity contribution in [3.8, 4) is 11.5 Å². The van der Waals surface area contributed by atoms with E-state index in [0.717, 1.165) is 5.69 Å². The van der Waals surface area contributed by atoms with E-state index >= 15 is 0 Å². The summed E-state index contributed by atoms with van der Waals surface area (Å²) in [4.78, 5) is 16.5. The van der Waals surface area contributed by atoms with Crippen LogP contribution >= 0.6 is 0 Å². The molecule has 1 aromatic heterocycles. The molecule has 2 heterocycles. The highest BCUT2D eigenvalue weighted by molar-refractivity contribution is 6.04. The molecule has 0 atom stereocenters. The average molecular weight is 365 g/mol. The zero-order chi connectivity index (χ0) is 18.6. The van der Waals surface area contributed by atoms with Gasteiger partial charge in [0, 0.05) is 23.6 Å². The number of carbonyl (C=O) groups is 1. The van der Waals surface area contributed by atoms with E-state index in [2.05, 4.69) is 15.6 Å². The van der Waals surface area contributed by atoms with Crippen molar-refractivity contribution in [1.29, 1.82) is 0 Å². The third-order valence-corrected chi connectivity index (χ3v) is 3.94. The molecule has 2 aromatic carbocycles. The maximum absolute atomic E-state index is 12.9. The molecule has 0 spiro atoms. The van der Waals surface area contributed by atoms with Crippen LogP contribution in [0.15, 0.2) is 60.8 Å². The smallest absolute Gasteiger partial charge is 0.257 e. The van der Waals surface area contributed by atoms with Gasteiger partial charge in [-0.3, -0.25) is 4.79 Å². The molecule has 0 unspecified atom stereocenters. The highest BCUT2D eigenvalue weighted by atomic mass is 19.1. The van der Waals surface area contributed by atoms with E-state index in [1.165, 1.54) is 30.5 Å². The Morgan fingerprint density at radius 3 is 2.41 bits per heavy atom. The summed E-state index contributed by atoms with van der Waals surface area (Å²) in [5.74, 6) is 1.31. The molecule has 1 amide bonds. The third kappa shape index (κ3) is 3.98. The van der Waals surface area contributed by atoms with Crippen LogP contribution in [-0.2, 0) is 0 Å². The maximum Gasteiger partial charge on any atom is 0.257 e. The van der Waals surface area contributed by atoms with Crippen molar-refractivity contribution in [2.75, 3.05) is 23.8 Å². The Balaban J connectivity index is 1.42. The number of nitrogens with one attached hydrogen (secondary N) is 2. The van der Waals surface area contributed by atoms with Crippen LogP contribution in [0.4, 0.5) is 21.6 Å². The Labute approximate surface area is 155 Å². The number of amides is 1. The van der Waals surface area contributed by atoms with Gasteiger partial charge in [0.2, 0.25) is 0 Å². The zero-order valence-corrected chi connectivity index (χ0v) is 14.2. The number of aromatic nitrogens is 1. The predicted octanol–water partition coefficient (Wildman–Crippen LogP) is 3.99. The molecular formula is C20H16FN3O3. The molecule has 6 nitrogen and oxygen atoms in total. The monoisotopic (exact) mass is 365 g/mol. The summed E-state index contributed by atoms with van der Waals surface area (Å²) >= 11 is 0. The lowest BCUT2D eigenvalue weighted by molar-refractivity contribution is 0.102. The molecule has 1 aliphatic rings. The molecule has 27 heavy (non-hydrogen) atoms. The molecule has 3 aromatic rings. The minimum atomic E-state index is -0.357. The summed E-state index contributed by atoms with van der Waals surface area (Å²) in [5, 5.41) is 5.85. The second-order valence-electron chi connectivity index (χ2n) is 5.88. The first-order valence-electron chi connectivity index (χ1n) is 8.37. The number of rotatable bonds is 4. The van der Waals surface area contributed by atoms with Gasteiger partial charge in [-0.1, -0.05) is 0 Å². The number of nitrogens with zero attached hydrogens (tertiary/aromatic N) is 1. The van der Waals surface area contributed by atoms with Crippen LogP contribution in [0.5, 0.6) is 11.5 Å². The third-order valence-electron chi connectivity index (χ3n) is 3.94. The fourth-order valence-electron chi connectivity index (χ4n) is 2.61. The van der Waals surface area contributed by atoms with Crippen molar-refractivity contribution in [3.05, 3.63) is 72.2 Å². The van der Waals surface area contributed by atoms with Crippen LogP contribution in [0.3, 0.4) is 0 Å². The van der Waals surface area contributed by atoms with E-state index in [9.17, 15) is 9.18 Å². The van der Waals surface area contributed by atoms with Gasteiger partial charge in [0.1, 0.15) is 24.8 Å². The number of fused-ring (bicyclic) bond motifs is 1. The zero-order valence-electron chi connectivity index (χ0n) is 14.2. The predicted molar refractivity (Wildman–Crippen MR) is 99.3 cm³/mol. The Morgan fingerprint density at radius 1 is 0.926 bits per heavy atom. The first-order valence-corrected chi connectivity index (χ1v) is 8.37. The molecule has 0 fully saturated rings. The van der Waals surface area contributed by atoms with Gasteiger partial charge in [0.25, 0.3) is 5.91 Å². The normalized spacial score (nSPS) is 12.3. The van der Waals surface area contributed by atoms with E-state index < -0.39 is 0 Å². The summed E-state index contributed by atoms with van der Waals surface area (Å²) < 4.78 is 24.0. The van der Waals surface area contributed by atoms with Gasteiger partial charge < -0.3 is 20.1 Å². The van der Waals surface area contributed by atoms with Crippen molar-refractivity contribution in [2.45, 2.75) is 0 Å². The first kappa shape index (κ1) is 16.8. The molecule has 0 bridgehead atoms. The van der Waals surface area contributed by atoms with Crippen LogP contribution in [0, 0.1) is 5.82 Å². The van der Waals surface area contributed by atoms with Gasteiger partial charge in [0.15, 0.2) is 11.5 Å². The highest BCUT2D eigenvalue weighted by Gasteiger charge is 2.12. The van der Waals surface area contributed by atoms with Gasteiger partial charge in [-0.05, 0) is 48.5 Å². The van der Waals surface area contributed by atoms with Gasteiger partial charge in [-0.2, -0.15) is 0 Å². The molecule has 7 heteroatoms. The standard InChI is InChI=1S/C20H16FN3O3/c21-14-2-4-15(5-3-14)24-20(25)13-1-8-19(22-12-13)23-16-6-7-17-18(11-16)27-10-9-26-17/h1-8,11-12H,9-10H2,(H,22,23)(H,24,25). The second kappa shape index (κ2) is 7.33. The Kier molecular flexibility index (Phi) is 4.57. The first-order chi connectivity index (χ1) is 13.2. The molecule has 4 rings (SSSR count). The lowest BCUT2D eigenvalue weighted by Gasteiger charge is -2.19. The van der Waals surface area contributed by atoms with Gasteiger partial charge >= 0.3 is 0 Å². The molecule has 0 radical (unpaired) electrons. The van der Waals surface area contributed by atoms with Crippen molar-refractivity contribution in [2.24, 2.45) is 0 Å². The molecule has 136 valence electrons. The second-order valence-corrected chi connectivity index (χ2v) is 5.88. The lowest BCUT2D eigenvalue weighted by Crippen LogP contribution is -2.15. The molecule has 0 aliphatic carbocycles. The fraction of sp³-hybridized carbons (Fsp3) is 0.100. The maximum atomic E-state index is 12.9. The van der Waals surface area contributed by atoms with Crippen LogP contribution in [0.25, 0.3) is 0 Å². The van der Waals surface area contributed by atoms with Crippen molar-refractivity contribution < 1.29 is 18.7 Å². The van der Waals surface area contributed by atoms with E-state index in [1.54, 1.807) is 12.1 Å². The number of hydrogen-bond donors (Lipinski definition) is 2. The summed E-state index contributed by atoms with van der Waals surface area (Å²) in [6, 6.07) is 14.5. The molecule has 0 saturated carbocycles. The number of anilines is 3. The van der Waals surface area contributed by atoms with Gasteiger partial charge in [0.05, 0.1) is 5.56 Å². The van der Waals surface area contributed by atoms with Gasteiger partial charge in [-0.25, -0.2) is 9.37 Å². The minimum Gasteiger partial charge on any atom is -0.486 e. The number of pyridine rings is 1. The van der Waals surface area contributed by atoms with Crippen molar-refractivity contribution in [1.82, 2.24) is 4.98 Å². The van der Waals surface area contributed by atoms with E-state index in [1.807, 2.05) is 18.2 Å². The highest BCUT2D eigenvalue weighted by Crippen LogP contribution is 2.33. The lowest BCUT2D eigenvalue weighted by atomic mass is 10.2. The fourth-order valence-corrected chi connectivity index (χ4v) is 2.61. The number of carbonyl (C=O) groups excluding carboxylic acids is 1. The Hall–Kier alpha value is -3.61. The van der Waals surface area contributed by atoms with E-state index in [4.69, 9.17) is 9.47 Å². The number of halogens is 1.